The van der Waals surface area contributed by atoms with E-state index in [1.54, 1.807) is 24.1 Å². The van der Waals surface area contributed by atoms with E-state index >= 15 is 0 Å². The Morgan fingerprint density at radius 1 is 1.50 bits per heavy atom. The van der Waals surface area contributed by atoms with Crippen molar-refractivity contribution in [3.05, 3.63) is 18.0 Å². The van der Waals surface area contributed by atoms with Gasteiger partial charge in [-0.1, -0.05) is 0 Å². The van der Waals surface area contributed by atoms with Crippen LogP contribution in [-0.4, -0.2) is 40.8 Å². The first kappa shape index (κ1) is 12.7. The SMILES string of the molecule is Cn1cc(CCS(=O)(=O)CCC(=O)O)cn1. The summed E-state index contributed by atoms with van der Waals surface area (Å²) in [5.41, 5.74) is 0.835. The van der Waals surface area contributed by atoms with E-state index in [0.717, 1.165) is 5.56 Å². The molecule has 0 unspecified atom stereocenters. The molecule has 1 aromatic rings. The highest BCUT2D eigenvalue weighted by atomic mass is 32.2. The molecule has 1 heterocycles. The molecule has 1 N–H and O–H groups in total. The van der Waals surface area contributed by atoms with Gasteiger partial charge in [0.05, 0.1) is 24.1 Å². The fraction of sp³-hybridized carbons (Fsp3) is 0.556. The molecular formula is C9H14N2O4S. The van der Waals surface area contributed by atoms with Gasteiger partial charge in [-0.2, -0.15) is 5.10 Å². The first-order valence-electron chi connectivity index (χ1n) is 4.79. The van der Waals surface area contributed by atoms with Crippen LogP contribution in [0.15, 0.2) is 12.4 Å². The molecule has 0 spiro atoms. The topological polar surface area (TPSA) is 89.3 Å². The highest BCUT2D eigenvalue weighted by Gasteiger charge is 2.13. The summed E-state index contributed by atoms with van der Waals surface area (Å²) in [5.74, 6) is -1.43. The zero-order chi connectivity index (χ0) is 12.2. The van der Waals surface area contributed by atoms with E-state index in [0.29, 0.717) is 6.42 Å². The smallest absolute Gasteiger partial charge is 0.304 e. The van der Waals surface area contributed by atoms with Crippen LogP contribution in [0.5, 0.6) is 0 Å². The average Bonchev–Trinajstić information content (AvgIpc) is 2.59. The maximum absolute atomic E-state index is 11.4. The van der Waals surface area contributed by atoms with Crippen molar-refractivity contribution in [3.8, 4) is 0 Å². The minimum Gasteiger partial charge on any atom is -0.481 e. The minimum atomic E-state index is -3.28. The Morgan fingerprint density at radius 3 is 2.69 bits per heavy atom. The first-order valence-corrected chi connectivity index (χ1v) is 6.61. The van der Waals surface area contributed by atoms with Crippen LogP contribution in [0.25, 0.3) is 0 Å². The Morgan fingerprint density at radius 2 is 2.19 bits per heavy atom. The largest absolute Gasteiger partial charge is 0.481 e. The third kappa shape index (κ3) is 4.43. The Balaban J connectivity index is 2.45. The maximum atomic E-state index is 11.4. The van der Waals surface area contributed by atoms with Gasteiger partial charge in [-0.25, -0.2) is 8.42 Å². The molecule has 0 saturated carbocycles. The molecule has 0 aliphatic heterocycles. The number of aromatic nitrogens is 2. The number of carboxylic acids is 1. The number of aliphatic carboxylic acids is 1. The highest BCUT2D eigenvalue weighted by molar-refractivity contribution is 7.91. The number of sulfone groups is 1. The van der Waals surface area contributed by atoms with Crippen molar-refractivity contribution in [1.29, 1.82) is 0 Å². The van der Waals surface area contributed by atoms with Crippen LogP contribution in [0.4, 0.5) is 0 Å². The average molecular weight is 246 g/mol. The molecule has 0 radical (unpaired) electrons. The van der Waals surface area contributed by atoms with E-state index in [4.69, 9.17) is 5.11 Å². The van der Waals surface area contributed by atoms with Gasteiger partial charge in [0.25, 0.3) is 0 Å². The summed E-state index contributed by atoms with van der Waals surface area (Å²) < 4.78 is 24.4. The molecule has 16 heavy (non-hydrogen) atoms. The van der Waals surface area contributed by atoms with Gasteiger partial charge in [-0.05, 0) is 12.0 Å². The quantitative estimate of drug-likeness (QED) is 0.754. The molecule has 0 fully saturated rings. The Labute approximate surface area is 93.8 Å². The molecule has 0 bridgehead atoms. The van der Waals surface area contributed by atoms with Gasteiger partial charge in [-0.3, -0.25) is 9.48 Å². The van der Waals surface area contributed by atoms with Gasteiger partial charge >= 0.3 is 5.97 Å². The molecule has 7 heteroatoms. The number of carboxylic acid groups (broad SMARTS) is 1. The van der Waals surface area contributed by atoms with Crippen molar-refractivity contribution >= 4 is 15.8 Å². The van der Waals surface area contributed by atoms with Crippen molar-refractivity contribution in [1.82, 2.24) is 9.78 Å². The lowest BCUT2D eigenvalue weighted by molar-refractivity contribution is -0.136. The van der Waals surface area contributed by atoms with Gasteiger partial charge in [0.2, 0.25) is 0 Å². The lowest BCUT2D eigenvalue weighted by Crippen LogP contribution is -2.15. The monoisotopic (exact) mass is 246 g/mol. The molecule has 0 amide bonds. The number of nitrogens with zero attached hydrogens (tertiary/aromatic N) is 2. The molecule has 0 atom stereocenters. The van der Waals surface area contributed by atoms with Crippen molar-refractivity contribution in [2.45, 2.75) is 12.8 Å². The maximum Gasteiger partial charge on any atom is 0.304 e. The van der Waals surface area contributed by atoms with Crippen LogP contribution >= 0.6 is 0 Å². The standard InChI is InChI=1S/C9H14N2O4S/c1-11-7-8(6-10-11)2-4-16(14,15)5-3-9(12)13/h6-7H,2-5H2,1H3,(H,12,13). The molecule has 0 aliphatic rings. The fourth-order valence-corrected chi connectivity index (χ4v) is 2.46. The van der Waals surface area contributed by atoms with E-state index in [2.05, 4.69) is 5.10 Å². The van der Waals surface area contributed by atoms with E-state index in [1.807, 2.05) is 0 Å². The van der Waals surface area contributed by atoms with Gasteiger partial charge in [0, 0.05) is 13.2 Å². The van der Waals surface area contributed by atoms with E-state index in [9.17, 15) is 13.2 Å². The summed E-state index contributed by atoms with van der Waals surface area (Å²) in [7, 11) is -1.53. The lowest BCUT2D eigenvalue weighted by Gasteiger charge is -2.00. The zero-order valence-electron chi connectivity index (χ0n) is 8.96. The molecule has 90 valence electrons. The number of rotatable bonds is 6. The predicted octanol–water partition coefficient (Wildman–Crippen LogP) is -0.148. The number of hydrogen-bond donors (Lipinski definition) is 1. The second-order valence-corrected chi connectivity index (χ2v) is 5.87. The number of carbonyl (C=O) groups is 1. The third-order valence-electron chi connectivity index (χ3n) is 2.09. The molecule has 0 aromatic carbocycles. The Kier molecular flexibility index (Phi) is 4.05. The first-order chi connectivity index (χ1) is 7.39. The number of aryl methyl sites for hydroxylation is 2. The molecule has 0 saturated heterocycles. The zero-order valence-corrected chi connectivity index (χ0v) is 9.77. The second kappa shape index (κ2) is 5.11. The summed E-state index contributed by atoms with van der Waals surface area (Å²) in [4.78, 5) is 10.2. The van der Waals surface area contributed by atoms with Crippen LogP contribution in [0, 0.1) is 0 Å². The second-order valence-electron chi connectivity index (χ2n) is 3.57. The summed E-state index contributed by atoms with van der Waals surface area (Å²) in [5, 5.41) is 12.3. The highest BCUT2D eigenvalue weighted by Crippen LogP contribution is 2.02. The molecule has 1 rings (SSSR count). The third-order valence-corrected chi connectivity index (χ3v) is 3.74. The van der Waals surface area contributed by atoms with Gasteiger partial charge in [0.1, 0.15) is 0 Å². The summed E-state index contributed by atoms with van der Waals surface area (Å²) in [6.07, 6.45) is 3.38. The van der Waals surface area contributed by atoms with Gasteiger partial charge < -0.3 is 5.11 Å². The van der Waals surface area contributed by atoms with Crippen LogP contribution in [0.1, 0.15) is 12.0 Å². The van der Waals surface area contributed by atoms with E-state index in [-0.39, 0.29) is 17.9 Å². The Bertz CT molecular complexity index is 464. The normalized spacial score (nSPS) is 11.6. The van der Waals surface area contributed by atoms with Crippen molar-refractivity contribution in [2.24, 2.45) is 7.05 Å². The Hall–Kier alpha value is -1.37. The molecule has 6 nitrogen and oxygen atoms in total. The van der Waals surface area contributed by atoms with Gasteiger partial charge in [0.15, 0.2) is 9.84 Å². The number of hydrogen-bond acceptors (Lipinski definition) is 4. The van der Waals surface area contributed by atoms with Crippen LogP contribution in [0.2, 0.25) is 0 Å². The molecule has 0 aliphatic carbocycles. The molecule has 1 aromatic heterocycles. The molecular weight excluding hydrogens is 232 g/mol. The van der Waals surface area contributed by atoms with Crippen molar-refractivity contribution in [3.63, 3.8) is 0 Å². The van der Waals surface area contributed by atoms with Crippen LogP contribution < -0.4 is 0 Å². The van der Waals surface area contributed by atoms with Crippen molar-refractivity contribution < 1.29 is 18.3 Å². The van der Waals surface area contributed by atoms with Crippen molar-refractivity contribution in [2.75, 3.05) is 11.5 Å². The predicted molar refractivity (Wildman–Crippen MR) is 57.8 cm³/mol. The summed E-state index contributed by atoms with van der Waals surface area (Å²) >= 11 is 0. The minimum absolute atomic E-state index is 0.0357. The van der Waals surface area contributed by atoms with E-state index in [1.165, 1.54) is 0 Å². The summed E-state index contributed by atoms with van der Waals surface area (Å²) in [6, 6.07) is 0. The van der Waals surface area contributed by atoms with Crippen LogP contribution in [0.3, 0.4) is 0 Å². The fourth-order valence-electron chi connectivity index (χ4n) is 1.22. The van der Waals surface area contributed by atoms with E-state index < -0.39 is 15.8 Å². The summed E-state index contributed by atoms with van der Waals surface area (Å²) in [6.45, 7) is 0. The van der Waals surface area contributed by atoms with Gasteiger partial charge in [-0.15, -0.1) is 0 Å². The lowest BCUT2D eigenvalue weighted by atomic mass is 10.3. The van der Waals surface area contributed by atoms with Crippen LogP contribution in [-0.2, 0) is 28.1 Å².